The van der Waals surface area contributed by atoms with E-state index < -0.39 is 8.24 Å². The quantitative estimate of drug-likeness (QED) is 0.614. The molecule has 154 valence electrons. The van der Waals surface area contributed by atoms with Gasteiger partial charge in [0.05, 0.1) is 0 Å². The lowest BCUT2D eigenvalue weighted by Gasteiger charge is -2.46. The minimum absolute atomic E-state index is 0.633. The number of fused-ring (bicyclic) bond motifs is 1. The number of rotatable bonds is 6. The van der Waals surface area contributed by atoms with Crippen LogP contribution in [0.3, 0.4) is 0 Å². The highest BCUT2D eigenvalue weighted by atomic mass is 28.3. The summed E-state index contributed by atoms with van der Waals surface area (Å²) in [4.78, 5) is 0. The first kappa shape index (κ1) is 21.3. The van der Waals surface area contributed by atoms with Crippen LogP contribution in [-0.4, -0.2) is 32.8 Å². The second-order valence-corrected chi connectivity index (χ2v) is 15.0. The summed E-state index contributed by atoms with van der Waals surface area (Å²) >= 11 is 0. The number of hydrogen-bond donors (Lipinski definition) is 2. The molecule has 3 rings (SSSR count). The molecule has 2 aliphatic carbocycles. The fourth-order valence-corrected chi connectivity index (χ4v) is 9.61. The highest BCUT2D eigenvalue weighted by Gasteiger charge is 2.53. The fraction of sp³-hybridized carbons (Fsp3) is 0.826. The molecule has 3 aliphatic rings. The molecule has 0 bridgehead atoms. The second-order valence-electron chi connectivity index (χ2n) is 10.3. The van der Waals surface area contributed by atoms with Crippen molar-refractivity contribution in [3.63, 3.8) is 0 Å². The third kappa shape index (κ3) is 4.14. The normalized spacial score (nSPS) is 32.6. The SMILES string of the molecule is CCCC1CC([Si](C)(C)N2CNCNC2)C2C=C(C(C)C)C=C(C(C)C)C12. The van der Waals surface area contributed by atoms with Crippen LogP contribution in [0.15, 0.2) is 23.3 Å². The minimum Gasteiger partial charge on any atom is -0.299 e. The monoisotopic (exact) mass is 389 g/mol. The van der Waals surface area contributed by atoms with Crippen molar-refractivity contribution in [2.75, 3.05) is 20.0 Å². The highest BCUT2D eigenvalue weighted by Crippen LogP contribution is 2.58. The molecular formula is C23H43N3Si. The third-order valence-corrected chi connectivity index (χ3v) is 12.0. The number of hydrogen-bond acceptors (Lipinski definition) is 3. The Balaban J connectivity index is 1.97. The van der Waals surface area contributed by atoms with Crippen LogP contribution in [0, 0.1) is 29.6 Å². The summed E-state index contributed by atoms with van der Waals surface area (Å²) in [5.41, 5.74) is 4.21. The molecule has 0 radical (unpaired) electrons. The molecule has 1 saturated carbocycles. The molecule has 2 fully saturated rings. The predicted molar refractivity (Wildman–Crippen MR) is 120 cm³/mol. The van der Waals surface area contributed by atoms with Crippen molar-refractivity contribution >= 4 is 8.24 Å². The molecule has 27 heavy (non-hydrogen) atoms. The van der Waals surface area contributed by atoms with Crippen LogP contribution >= 0.6 is 0 Å². The van der Waals surface area contributed by atoms with Crippen LogP contribution in [0.5, 0.6) is 0 Å². The maximum Gasteiger partial charge on any atom is 0.128 e. The van der Waals surface area contributed by atoms with Crippen molar-refractivity contribution in [1.82, 2.24) is 15.2 Å². The van der Waals surface area contributed by atoms with E-state index in [1.807, 2.05) is 0 Å². The van der Waals surface area contributed by atoms with Gasteiger partial charge in [0.1, 0.15) is 8.24 Å². The van der Waals surface area contributed by atoms with E-state index in [2.05, 4.69) is 75.1 Å². The zero-order valence-corrected chi connectivity index (χ0v) is 19.8. The third-order valence-electron chi connectivity index (χ3n) is 7.62. The van der Waals surface area contributed by atoms with Gasteiger partial charge in [-0.05, 0) is 47.1 Å². The van der Waals surface area contributed by atoms with E-state index in [4.69, 9.17) is 0 Å². The molecule has 4 atom stereocenters. The molecule has 2 N–H and O–H groups in total. The number of nitrogens with zero attached hydrogens (tertiary/aromatic N) is 1. The smallest absolute Gasteiger partial charge is 0.128 e. The summed E-state index contributed by atoms with van der Waals surface area (Å²) < 4.78 is 2.77. The van der Waals surface area contributed by atoms with E-state index >= 15 is 0 Å². The van der Waals surface area contributed by atoms with Crippen LogP contribution in [0.25, 0.3) is 0 Å². The topological polar surface area (TPSA) is 27.3 Å². The van der Waals surface area contributed by atoms with E-state index in [-0.39, 0.29) is 0 Å². The zero-order chi connectivity index (χ0) is 19.8. The van der Waals surface area contributed by atoms with Crippen molar-refractivity contribution in [3.05, 3.63) is 23.3 Å². The van der Waals surface area contributed by atoms with Crippen molar-refractivity contribution in [3.8, 4) is 0 Å². The largest absolute Gasteiger partial charge is 0.299 e. The Kier molecular flexibility index (Phi) is 6.72. The summed E-state index contributed by atoms with van der Waals surface area (Å²) in [6.07, 6.45) is 9.47. The standard InChI is InChI=1S/C23H43N3Si/c1-8-9-18-12-22(27(6,7)26-14-24-13-25-15-26)21-11-19(16(2)3)10-20(17(4)5)23(18)21/h10-11,16-18,21-25H,8-9,12-15H2,1-7H3. The first-order valence-electron chi connectivity index (χ1n) is 11.4. The lowest BCUT2D eigenvalue weighted by atomic mass is 9.72. The Labute approximate surface area is 169 Å². The lowest BCUT2D eigenvalue weighted by molar-refractivity contribution is 0.282. The molecule has 1 heterocycles. The molecular weight excluding hydrogens is 346 g/mol. The molecule has 4 heteroatoms. The summed E-state index contributed by atoms with van der Waals surface area (Å²) in [5, 5.41) is 7.10. The van der Waals surface area contributed by atoms with Gasteiger partial charge in [0.15, 0.2) is 0 Å². The summed E-state index contributed by atoms with van der Waals surface area (Å²) in [6, 6.07) is 0. The van der Waals surface area contributed by atoms with Gasteiger partial charge >= 0.3 is 0 Å². The maximum atomic E-state index is 3.55. The molecule has 0 amide bonds. The average Bonchev–Trinajstić information content (AvgIpc) is 3.01. The second kappa shape index (κ2) is 8.52. The predicted octanol–water partition coefficient (Wildman–Crippen LogP) is 5.16. The molecule has 0 aromatic heterocycles. The van der Waals surface area contributed by atoms with Gasteiger partial charge in [0.2, 0.25) is 0 Å². The first-order chi connectivity index (χ1) is 12.8. The Morgan fingerprint density at radius 3 is 2.33 bits per heavy atom. The molecule has 0 spiro atoms. The van der Waals surface area contributed by atoms with Crippen LogP contribution in [0.1, 0.15) is 53.9 Å². The van der Waals surface area contributed by atoms with Crippen molar-refractivity contribution < 1.29 is 0 Å². The van der Waals surface area contributed by atoms with Gasteiger partial charge in [-0.3, -0.25) is 15.2 Å². The molecule has 3 nitrogen and oxygen atoms in total. The van der Waals surface area contributed by atoms with E-state index in [0.717, 1.165) is 43.3 Å². The van der Waals surface area contributed by atoms with Gasteiger partial charge < -0.3 is 0 Å². The molecule has 1 aliphatic heterocycles. The molecule has 0 aromatic carbocycles. The minimum atomic E-state index is -1.54. The zero-order valence-electron chi connectivity index (χ0n) is 18.8. The van der Waals surface area contributed by atoms with E-state index in [1.54, 1.807) is 11.1 Å². The Morgan fingerprint density at radius 1 is 1.11 bits per heavy atom. The van der Waals surface area contributed by atoms with Gasteiger partial charge in [0, 0.05) is 20.0 Å². The summed E-state index contributed by atoms with van der Waals surface area (Å²) in [5.74, 6) is 3.72. The van der Waals surface area contributed by atoms with Gasteiger partial charge in [-0.1, -0.05) is 78.3 Å². The number of allylic oxidation sites excluding steroid dienone is 4. The van der Waals surface area contributed by atoms with Crippen LogP contribution in [0.4, 0.5) is 0 Å². The summed E-state index contributed by atoms with van der Waals surface area (Å²) in [7, 11) is -1.54. The average molecular weight is 390 g/mol. The van der Waals surface area contributed by atoms with E-state index in [9.17, 15) is 0 Å². The van der Waals surface area contributed by atoms with Crippen molar-refractivity contribution in [2.45, 2.75) is 72.5 Å². The Morgan fingerprint density at radius 2 is 1.78 bits per heavy atom. The Bertz CT molecular complexity index is 572. The van der Waals surface area contributed by atoms with Gasteiger partial charge in [-0.2, -0.15) is 0 Å². The van der Waals surface area contributed by atoms with Crippen LogP contribution in [-0.2, 0) is 0 Å². The Hall–Kier alpha value is -0.423. The lowest BCUT2D eigenvalue weighted by Crippen LogP contribution is -2.63. The highest BCUT2D eigenvalue weighted by molar-refractivity contribution is 6.76. The van der Waals surface area contributed by atoms with E-state index in [1.165, 1.54) is 19.3 Å². The molecule has 1 saturated heterocycles. The van der Waals surface area contributed by atoms with E-state index in [0.29, 0.717) is 11.8 Å². The van der Waals surface area contributed by atoms with Gasteiger partial charge in [0.25, 0.3) is 0 Å². The maximum absolute atomic E-state index is 3.55. The molecule has 0 aromatic rings. The van der Waals surface area contributed by atoms with Crippen LogP contribution < -0.4 is 10.6 Å². The number of nitrogens with one attached hydrogen (secondary N) is 2. The first-order valence-corrected chi connectivity index (χ1v) is 14.4. The fourth-order valence-electron chi connectivity index (χ4n) is 5.97. The van der Waals surface area contributed by atoms with Crippen molar-refractivity contribution in [2.24, 2.45) is 29.6 Å². The molecule has 4 unspecified atom stereocenters. The van der Waals surface area contributed by atoms with Gasteiger partial charge in [-0.25, -0.2) is 0 Å². The van der Waals surface area contributed by atoms with Crippen LogP contribution in [0.2, 0.25) is 18.6 Å². The van der Waals surface area contributed by atoms with Gasteiger partial charge in [-0.15, -0.1) is 0 Å². The van der Waals surface area contributed by atoms with Crippen molar-refractivity contribution in [1.29, 1.82) is 0 Å². The summed E-state index contributed by atoms with van der Waals surface area (Å²) in [6.45, 7) is 20.3.